The first kappa shape index (κ1) is 10.0. The Morgan fingerprint density at radius 3 is 2.88 bits per heavy atom. The Bertz CT molecular complexity index is 462. The average molecular weight is 219 g/mol. The van der Waals surface area contributed by atoms with E-state index in [1.165, 1.54) is 18.4 Å². The highest BCUT2D eigenvalue weighted by molar-refractivity contribution is 5.35. The lowest BCUT2D eigenvalue weighted by Crippen LogP contribution is -2.26. The van der Waals surface area contributed by atoms with Crippen molar-refractivity contribution in [1.82, 2.24) is 9.97 Å². The molecule has 0 spiro atoms. The number of hydrogen-bond donors (Lipinski definition) is 2. The van der Waals surface area contributed by atoms with Crippen molar-refractivity contribution in [2.75, 3.05) is 6.54 Å². The fourth-order valence-corrected chi connectivity index (χ4v) is 2.77. The van der Waals surface area contributed by atoms with Gasteiger partial charge >= 0.3 is 5.69 Å². The van der Waals surface area contributed by atoms with E-state index in [9.17, 15) is 4.79 Å². The van der Waals surface area contributed by atoms with Gasteiger partial charge in [0, 0.05) is 11.6 Å². The molecule has 3 rings (SSSR count). The quantitative estimate of drug-likeness (QED) is 0.780. The third-order valence-electron chi connectivity index (χ3n) is 3.72. The summed E-state index contributed by atoms with van der Waals surface area (Å²) < 4.78 is 0. The maximum Gasteiger partial charge on any atom is 0.345 e. The highest BCUT2D eigenvalue weighted by Crippen LogP contribution is 2.44. The van der Waals surface area contributed by atoms with Crippen LogP contribution in [0.5, 0.6) is 0 Å². The van der Waals surface area contributed by atoms with Crippen LogP contribution in [0.15, 0.2) is 4.79 Å². The van der Waals surface area contributed by atoms with Crippen molar-refractivity contribution < 1.29 is 0 Å². The second-order valence-electron chi connectivity index (χ2n) is 4.92. The number of nitrogens with one attached hydrogen (secondary N) is 1. The number of aryl methyl sites for hydroxylation is 1. The van der Waals surface area contributed by atoms with Gasteiger partial charge in [0.1, 0.15) is 0 Å². The second kappa shape index (κ2) is 3.70. The first-order valence-electron chi connectivity index (χ1n) is 6.12. The third-order valence-corrected chi connectivity index (χ3v) is 3.72. The highest BCUT2D eigenvalue weighted by atomic mass is 16.1. The number of H-pyrrole nitrogens is 1. The van der Waals surface area contributed by atoms with Gasteiger partial charge in [0.25, 0.3) is 0 Å². The third kappa shape index (κ3) is 1.57. The van der Waals surface area contributed by atoms with Gasteiger partial charge in [-0.1, -0.05) is 0 Å². The molecule has 4 heteroatoms. The summed E-state index contributed by atoms with van der Waals surface area (Å²) in [5.74, 6) is 0.937. The lowest BCUT2D eigenvalue weighted by molar-refractivity contribution is 0.538. The molecule has 1 fully saturated rings. The molecule has 1 unspecified atom stereocenters. The van der Waals surface area contributed by atoms with E-state index in [4.69, 9.17) is 5.73 Å². The number of aromatic nitrogens is 2. The average Bonchev–Trinajstić information content (AvgIpc) is 3.10. The molecule has 16 heavy (non-hydrogen) atoms. The van der Waals surface area contributed by atoms with E-state index >= 15 is 0 Å². The van der Waals surface area contributed by atoms with Crippen LogP contribution in [-0.2, 0) is 6.42 Å². The van der Waals surface area contributed by atoms with Crippen LogP contribution in [0.3, 0.4) is 0 Å². The molecule has 1 aromatic rings. The van der Waals surface area contributed by atoms with E-state index < -0.39 is 0 Å². The molecule has 1 aromatic heterocycles. The molecular weight excluding hydrogens is 202 g/mol. The molecule has 86 valence electrons. The summed E-state index contributed by atoms with van der Waals surface area (Å²) in [6.45, 7) is 0.667. The summed E-state index contributed by atoms with van der Waals surface area (Å²) >= 11 is 0. The number of aromatic amines is 1. The van der Waals surface area contributed by atoms with Crippen LogP contribution in [0.1, 0.15) is 54.5 Å². The lowest BCUT2D eigenvalue weighted by Gasteiger charge is -2.25. The van der Waals surface area contributed by atoms with E-state index in [2.05, 4.69) is 9.97 Å². The highest BCUT2D eigenvalue weighted by Gasteiger charge is 2.33. The molecule has 0 radical (unpaired) electrons. The summed E-state index contributed by atoms with van der Waals surface area (Å²) in [6, 6.07) is 0. The molecule has 4 nitrogen and oxygen atoms in total. The van der Waals surface area contributed by atoms with E-state index in [1.54, 1.807) is 0 Å². The van der Waals surface area contributed by atoms with Gasteiger partial charge in [0.05, 0.1) is 5.69 Å². The van der Waals surface area contributed by atoms with E-state index in [-0.39, 0.29) is 5.69 Å². The van der Waals surface area contributed by atoms with Crippen LogP contribution in [-0.4, -0.2) is 16.5 Å². The van der Waals surface area contributed by atoms with Gasteiger partial charge in [-0.05, 0) is 50.1 Å². The number of fused-ring (bicyclic) bond motifs is 1. The maximum absolute atomic E-state index is 11.5. The van der Waals surface area contributed by atoms with Crippen LogP contribution in [0.25, 0.3) is 0 Å². The molecule has 1 heterocycles. The Morgan fingerprint density at radius 2 is 2.19 bits per heavy atom. The van der Waals surface area contributed by atoms with Crippen molar-refractivity contribution >= 4 is 0 Å². The number of nitrogens with two attached hydrogens (primary N) is 1. The molecule has 0 saturated heterocycles. The Hall–Kier alpha value is -1.16. The minimum absolute atomic E-state index is 0.182. The fourth-order valence-electron chi connectivity index (χ4n) is 2.77. The van der Waals surface area contributed by atoms with Crippen LogP contribution in [0, 0.1) is 0 Å². The molecule has 2 aliphatic rings. The van der Waals surface area contributed by atoms with E-state index in [1.807, 2.05) is 0 Å². The Kier molecular flexibility index (Phi) is 2.32. The van der Waals surface area contributed by atoms with Crippen LogP contribution in [0.4, 0.5) is 0 Å². The van der Waals surface area contributed by atoms with Gasteiger partial charge in [-0.3, -0.25) is 0 Å². The van der Waals surface area contributed by atoms with Crippen molar-refractivity contribution in [2.24, 2.45) is 5.73 Å². The number of hydrogen-bond acceptors (Lipinski definition) is 3. The van der Waals surface area contributed by atoms with Gasteiger partial charge in [-0.2, -0.15) is 4.98 Å². The van der Waals surface area contributed by atoms with Crippen LogP contribution >= 0.6 is 0 Å². The van der Waals surface area contributed by atoms with Crippen LogP contribution in [0.2, 0.25) is 0 Å². The summed E-state index contributed by atoms with van der Waals surface area (Å²) in [4.78, 5) is 18.6. The molecular formula is C12H17N3O. The van der Waals surface area contributed by atoms with Crippen molar-refractivity contribution in [3.8, 4) is 0 Å². The van der Waals surface area contributed by atoms with Gasteiger partial charge in [-0.15, -0.1) is 0 Å². The predicted octanol–water partition coefficient (Wildman–Crippen LogP) is 1.03. The molecule has 0 amide bonds. The first-order chi connectivity index (χ1) is 7.79. The normalized spacial score (nSPS) is 24.2. The largest absolute Gasteiger partial charge is 0.345 e. The molecule has 0 aliphatic heterocycles. The van der Waals surface area contributed by atoms with Crippen molar-refractivity contribution in [2.45, 2.75) is 43.9 Å². The monoisotopic (exact) mass is 219 g/mol. The van der Waals surface area contributed by atoms with Gasteiger partial charge in [-0.25, -0.2) is 4.79 Å². The molecule has 2 aliphatic carbocycles. The van der Waals surface area contributed by atoms with Crippen molar-refractivity contribution in [1.29, 1.82) is 0 Å². The molecule has 0 bridgehead atoms. The Morgan fingerprint density at radius 1 is 1.38 bits per heavy atom. The predicted molar refractivity (Wildman–Crippen MR) is 61.6 cm³/mol. The number of nitrogens with zero attached hydrogens (tertiary/aromatic N) is 1. The summed E-state index contributed by atoms with van der Waals surface area (Å²) in [7, 11) is 0. The zero-order chi connectivity index (χ0) is 11.1. The van der Waals surface area contributed by atoms with Crippen molar-refractivity contribution in [3.05, 3.63) is 27.4 Å². The zero-order valence-electron chi connectivity index (χ0n) is 9.33. The summed E-state index contributed by atoms with van der Waals surface area (Å²) in [5, 5.41) is 0. The lowest BCUT2D eigenvalue weighted by atomic mass is 9.83. The van der Waals surface area contributed by atoms with E-state index in [0.29, 0.717) is 18.4 Å². The van der Waals surface area contributed by atoms with Crippen molar-refractivity contribution in [3.63, 3.8) is 0 Å². The van der Waals surface area contributed by atoms with E-state index in [0.717, 1.165) is 30.7 Å². The molecule has 1 saturated carbocycles. The number of rotatable bonds is 2. The molecule has 0 aromatic carbocycles. The fraction of sp³-hybridized carbons (Fsp3) is 0.667. The molecule has 3 N–H and O–H groups in total. The smallest absolute Gasteiger partial charge is 0.330 e. The Labute approximate surface area is 94.3 Å². The van der Waals surface area contributed by atoms with Gasteiger partial charge in [0.15, 0.2) is 0 Å². The topological polar surface area (TPSA) is 71.8 Å². The summed E-state index contributed by atoms with van der Waals surface area (Å²) in [6.07, 6.45) is 5.60. The first-order valence-corrected chi connectivity index (χ1v) is 6.12. The maximum atomic E-state index is 11.5. The van der Waals surface area contributed by atoms with Gasteiger partial charge in [0.2, 0.25) is 0 Å². The second-order valence-corrected chi connectivity index (χ2v) is 4.92. The SMILES string of the molecule is NCC1CCCc2[nH]c(=O)nc(C3CC3)c21. The summed E-state index contributed by atoms with van der Waals surface area (Å²) in [5.41, 5.74) is 9.07. The minimum atomic E-state index is -0.182. The Balaban J connectivity index is 2.16. The molecule has 1 atom stereocenters. The van der Waals surface area contributed by atoms with Gasteiger partial charge < -0.3 is 10.7 Å². The minimum Gasteiger partial charge on any atom is -0.330 e. The zero-order valence-corrected chi connectivity index (χ0v) is 9.33. The standard InChI is InChI=1S/C12H17N3O/c13-6-8-2-1-3-9-10(8)11(7-4-5-7)15-12(16)14-9/h7-8H,1-6,13H2,(H,14,15,16). The van der Waals surface area contributed by atoms with Crippen LogP contribution < -0.4 is 11.4 Å².